The maximum atomic E-state index is 12.1. The smallest absolute Gasteiger partial charge is 0.233 e. The van der Waals surface area contributed by atoms with Crippen molar-refractivity contribution in [1.29, 1.82) is 0 Å². The number of carbonyl (C=O) groups excluding carboxylic acids is 1. The first-order valence-corrected chi connectivity index (χ1v) is 12.1. The van der Waals surface area contributed by atoms with Crippen molar-refractivity contribution < 1.29 is 21.6 Å². The molecule has 10 heteroatoms. The zero-order valence-electron chi connectivity index (χ0n) is 13.4. The molecule has 0 unspecified atom stereocenters. The first-order chi connectivity index (χ1) is 11.0. The van der Waals surface area contributed by atoms with Crippen molar-refractivity contribution in [2.24, 2.45) is 0 Å². The molecular weight excluding hydrogens is 420 g/mol. The molecule has 1 aliphatic heterocycles. The summed E-state index contributed by atoms with van der Waals surface area (Å²) in [6, 6.07) is 4.14. The fraction of sp³-hybridized carbons (Fsp3) is 0.500. The number of anilines is 1. The lowest BCUT2D eigenvalue weighted by Crippen LogP contribution is -2.49. The number of piperazine rings is 1. The van der Waals surface area contributed by atoms with E-state index in [4.69, 9.17) is 0 Å². The van der Waals surface area contributed by atoms with E-state index >= 15 is 0 Å². The average Bonchev–Trinajstić information content (AvgIpc) is 2.52. The predicted octanol–water partition coefficient (Wildman–Crippen LogP) is 0.537. The van der Waals surface area contributed by atoms with Gasteiger partial charge in [-0.3, -0.25) is 4.79 Å². The van der Waals surface area contributed by atoms with Gasteiger partial charge in [0.1, 0.15) is 0 Å². The molecule has 1 aliphatic rings. The van der Waals surface area contributed by atoms with Gasteiger partial charge in [0.05, 0.1) is 20.8 Å². The Balaban J connectivity index is 2.36. The molecule has 1 amide bonds. The van der Waals surface area contributed by atoms with Crippen molar-refractivity contribution in [2.75, 3.05) is 48.9 Å². The first-order valence-electron chi connectivity index (χ1n) is 7.17. The fourth-order valence-corrected chi connectivity index (χ4v) is 4.56. The lowest BCUT2D eigenvalue weighted by Gasteiger charge is -2.36. The van der Waals surface area contributed by atoms with Gasteiger partial charge in [-0.05, 0) is 18.2 Å². The lowest BCUT2D eigenvalue weighted by molar-refractivity contribution is -0.128. The Bertz CT molecular complexity index is 844. The third-order valence-corrected chi connectivity index (χ3v) is 6.56. The van der Waals surface area contributed by atoms with Crippen LogP contribution < -0.4 is 4.90 Å². The topological polar surface area (TPSA) is 91.8 Å². The Morgan fingerprint density at radius 3 is 2.08 bits per heavy atom. The summed E-state index contributed by atoms with van der Waals surface area (Å²) in [7, 11) is -7.09. The van der Waals surface area contributed by atoms with Crippen molar-refractivity contribution in [3.05, 3.63) is 18.2 Å². The molecule has 2 rings (SSSR count). The van der Waals surface area contributed by atoms with Crippen molar-refractivity contribution in [3.63, 3.8) is 0 Å². The number of hydrogen-bond acceptors (Lipinski definition) is 6. The number of nitrogens with zero attached hydrogens (tertiary/aromatic N) is 2. The minimum atomic E-state index is -3.59. The predicted molar refractivity (Wildman–Crippen MR) is 95.2 cm³/mol. The molecule has 0 radical (unpaired) electrons. The van der Waals surface area contributed by atoms with Crippen LogP contribution in [-0.4, -0.2) is 71.7 Å². The fourth-order valence-electron chi connectivity index (χ4n) is 2.56. The van der Waals surface area contributed by atoms with Crippen molar-refractivity contribution in [1.82, 2.24) is 4.90 Å². The number of hydrogen-bond donors (Lipinski definition) is 0. The Morgan fingerprint density at radius 1 is 1.04 bits per heavy atom. The second kappa shape index (κ2) is 7.01. The molecule has 1 aromatic carbocycles. The van der Waals surface area contributed by atoms with Gasteiger partial charge in [0.25, 0.3) is 0 Å². The molecule has 7 nitrogen and oxygen atoms in total. The Labute approximate surface area is 150 Å². The third kappa shape index (κ3) is 4.28. The maximum Gasteiger partial charge on any atom is 0.233 e. The van der Waals surface area contributed by atoms with Crippen LogP contribution in [0.2, 0.25) is 0 Å². The van der Waals surface area contributed by atoms with Crippen LogP contribution in [0, 0.1) is 0 Å². The van der Waals surface area contributed by atoms with Crippen molar-refractivity contribution >= 4 is 47.2 Å². The zero-order chi connectivity index (χ0) is 18.1. The summed E-state index contributed by atoms with van der Waals surface area (Å²) in [5, 5.41) is 0.255. The largest absolute Gasteiger partial charge is 0.367 e. The molecule has 0 aromatic heterocycles. The highest BCUT2D eigenvalue weighted by Gasteiger charge is 2.25. The minimum absolute atomic E-state index is 0.00862. The molecular formula is C14H19BrN2O5S2. The van der Waals surface area contributed by atoms with Gasteiger partial charge in [-0.15, -0.1) is 0 Å². The van der Waals surface area contributed by atoms with E-state index in [2.05, 4.69) is 15.9 Å². The molecule has 0 saturated carbocycles. The van der Waals surface area contributed by atoms with Crippen LogP contribution in [0.5, 0.6) is 0 Å². The quantitative estimate of drug-likeness (QED) is 0.636. The summed E-state index contributed by atoms with van der Waals surface area (Å²) in [5.74, 6) is -0.00888. The number of halogens is 1. The Hall–Kier alpha value is -1.13. The zero-order valence-corrected chi connectivity index (χ0v) is 16.6. The number of alkyl halides is 1. The van der Waals surface area contributed by atoms with E-state index in [1.807, 2.05) is 4.90 Å². The van der Waals surface area contributed by atoms with Crippen LogP contribution in [0.3, 0.4) is 0 Å². The molecule has 24 heavy (non-hydrogen) atoms. The summed E-state index contributed by atoms with van der Waals surface area (Å²) in [6.45, 7) is 1.95. The second-order valence-corrected chi connectivity index (χ2v) is 10.2. The summed E-state index contributed by atoms with van der Waals surface area (Å²) < 4.78 is 47.6. The number of carbonyl (C=O) groups is 1. The van der Waals surface area contributed by atoms with Gasteiger partial charge in [0.15, 0.2) is 19.7 Å². The van der Waals surface area contributed by atoms with Crippen LogP contribution in [-0.2, 0) is 24.5 Å². The van der Waals surface area contributed by atoms with Crippen molar-refractivity contribution in [2.45, 2.75) is 9.79 Å². The van der Waals surface area contributed by atoms with E-state index in [-0.39, 0.29) is 21.0 Å². The summed E-state index contributed by atoms with van der Waals surface area (Å²) >= 11 is 3.13. The molecule has 1 heterocycles. The molecule has 0 bridgehead atoms. The SMILES string of the molecule is CS(=O)(=O)c1ccc(N2CCN(C(=O)CBr)CC2)c(S(C)(=O)=O)c1. The number of amides is 1. The van der Waals surface area contributed by atoms with Gasteiger partial charge in [-0.2, -0.15) is 0 Å². The standard InChI is InChI=1S/C14H19BrN2O5S2/c1-23(19,20)11-3-4-12(13(9-11)24(2,21)22)16-5-7-17(8-6-16)14(18)10-15/h3-4,9H,5-8,10H2,1-2H3. The number of benzene rings is 1. The molecule has 0 atom stereocenters. The first kappa shape index (κ1) is 19.2. The Kier molecular flexibility index (Phi) is 5.61. The molecule has 1 saturated heterocycles. The molecule has 1 aromatic rings. The highest BCUT2D eigenvalue weighted by molar-refractivity contribution is 9.09. The van der Waals surface area contributed by atoms with E-state index in [1.54, 1.807) is 4.90 Å². The molecule has 0 spiro atoms. The van der Waals surface area contributed by atoms with Crippen LogP contribution in [0.15, 0.2) is 28.0 Å². The highest BCUT2D eigenvalue weighted by Crippen LogP contribution is 2.29. The molecule has 134 valence electrons. The van der Waals surface area contributed by atoms with Gasteiger partial charge in [-0.25, -0.2) is 16.8 Å². The third-order valence-electron chi connectivity index (χ3n) is 3.85. The summed E-state index contributed by atoms with van der Waals surface area (Å²) in [4.78, 5) is 15.2. The lowest BCUT2D eigenvalue weighted by atomic mass is 10.2. The Morgan fingerprint density at radius 2 is 1.62 bits per heavy atom. The average molecular weight is 439 g/mol. The molecule has 0 N–H and O–H groups in total. The maximum absolute atomic E-state index is 12.1. The minimum Gasteiger partial charge on any atom is -0.367 e. The molecule has 0 aliphatic carbocycles. The molecule has 1 fully saturated rings. The van der Waals surface area contributed by atoms with Gasteiger partial charge < -0.3 is 9.80 Å². The van der Waals surface area contributed by atoms with E-state index < -0.39 is 19.7 Å². The summed E-state index contributed by atoms with van der Waals surface area (Å²) in [5.41, 5.74) is 0.468. The van der Waals surface area contributed by atoms with E-state index in [1.165, 1.54) is 18.2 Å². The van der Waals surface area contributed by atoms with Crippen molar-refractivity contribution in [3.8, 4) is 0 Å². The van der Waals surface area contributed by atoms with Gasteiger partial charge in [0.2, 0.25) is 5.91 Å². The van der Waals surface area contributed by atoms with E-state index in [0.29, 0.717) is 31.9 Å². The van der Waals surface area contributed by atoms with Gasteiger partial charge in [-0.1, -0.05) is 15.9 Å². The van der Waals surface area contributed by atoms with Crippen LogP contribution in [0.25, 0.3) is 0 Å². The van der Waals surface area contributed by atoms with Gasteiger partial charge in [0, 0.05) is 38.7 Å². The highest BCUT2D eigenvalue weighted by atomic mass is 79.9. The van der Waals surface area contributed by atoms with Gasteiger partial charge >= 0.3 is 0 Å². The van der Waals surface area contributed by atoms with E-state index in [9.17, 15) is 21.6 Å². The van der Waals surface area contributed by atoms with Crippen LogP contribution >= 0.6 is 15.9 Å². The van der Waals surface area contributed by atoms with Crippen LogP contribution in [0.1, 0.15) is 0 Å². The van der Waals surface area contributed by atoms with E-state index in [0.717, 1.165) is 12.5 Å². The number of sulfone groups is 2. The second-order valence-electron chi connectivity index (χ2n) is 5.68. The van der Waals surface area contributed by atoms with Crippen LogP contribution in [0.4, 0.5) is 5.69 Å². The monoisotopic (exact) mass is 438 g/mol. The number of rotatable bonds is 4. The normalized spacial score (nSPS) is 16.3. The summed E-state index contributed by atoms with van der Waals surface area (Å²) in [6.07, 6.45) is 2.10.